The lowest BCUT2D eigenvalue weighted by Crippen LogP contribution is -2.29. The molecule has 3 aromatic heterocycles. The molecule has 0 amide bonds. The first-order chi connectivity index (χ1) is 16.7. The van der Waals surface area contributed by atoms with Crippen molar-refractivity contribution in [2.24, 2.45) is 0 Å². The number of hydrogen-bond acceptors (Lipinski definition) is 5. The van der Waals surface area contributed by atoms with Crippen molar-refractivity contribution in [3.63, 3.8) is 0 Å². The van der Waals surface area contributed by atoms with E-state index in [9.17, 15) is 4.79 Å². The van der Waals surface area contributed by atoms with E-state index >= 15 is 0 Å². The number of benzene rings is 2. The molecule has 0 aliphatic heterocycles. The quantitative estimate of drug-likeness (QED) is 0.359. The Morgan fingerprint density at radius 1 is 0.912 bits per heavy atom. The van der Waals surface area contributed by atoms with E-state index in [2.05, 4.69) is 0 Å². The highest BCUT2D eigenvalue weighted by atomic mass is 16.5. The molecule has 1 aliphatic rings. The van der Waals surface area contributed by atoms with Gasteiger partial charge in [0.2, 0.25) is 0 Å². The minimum Gasteiger partial charge on any atom is -0.494 e. The SMILES string of the molecule is CCOc1ccc(-n2c3nc4ccccc4nc3c3c(=O)n(C4CCCCC4)c(C)nc32)cc1. The molecule has 0 spiro atoms. The fraction of sp³-hybridized carbons (Fsp3) is 0.333. The Balaban J connectivity index is 1.69. The lowest BCUT2D eigenvalue weighted by Gasteiger charge is -2.25. The van der Waals surface area contributed by atoms with Gasteiger partial charge in [-0.05, 0) is 63.1 Å². The van der Waals surface area contributed by atoms with Crippen molar-refractivity contribution in [1.29, 1.82) is 0 Å². The molecule has 1 aliphatic carbocycles. The maximum atomic E-state index is 14.0. The van der Waals surface area contributed by atoms with Crippen LogP contribution < -0.4 is 10.3 Å². The largest absolute Gasteiger partial charge is 0.494 e. The zero-order valence-electron chi connectivity index (χ0n) is 19.5. The molecule has 172 valence electrons. The zero-order valence-corrected chi connectivity index (χ0v) is 19.5. The Morgan fingerprint density at radius 2 is 1.62 bits per heavy atom. The molecule has 0 radical (unpaired) electrons. The average Bonchev–Trinajstić information content (AvgIpc) is 3.17. The van der Waals surface area contributed by atoms with E-state index in [1.807, 2.05) is 71.5 Å². The zero-order chi connectivity index (χ0) is 23.2. The van der Waals surface area contributed by atoms with Gasteiger partial charge in [0, 0.05) is 11.7 Å². The van der Waals surface area contributed by atoms with Crippen LogP contribution in [-0.2, 0) is 0 Å². The van der Waals surface area contributed by atoms with E-state index in [0.29, 0.717) is 28.8 Å². The highest BCUT2D eigenvalue weighted by Crippen LogP contribution is 2.32. The molecule has 0 unspecified atom stereocenters. The number of fused-ring (bicyclic) bond motifs is 4. The highest BCUT2D eigenvalue weighted by molar-refractivity contribution is 6.05. The van der Waals surface area contributed by atoms with Crippen molar-refractivity contribution in [2.45, 2.75) is 52.0 Å². The molecule has 7 heteroatoms. The molecule has 0 N–H and O–H groups in total. The Bertz CT molecular complexity index is 1580. The minimum absolute atomic E-state index is 0.0198. The maximum absolute atomic E-state index is 14.0. The minimum atomic E-state index is -0.0198. The Hall–Kier alpha value is -3.74. The smallest absolute Gasteiger partial charge is 0.265 e. The molecule has 1 fully saturated rings. The second-order valence-corrected chi connectivity index (χ2v) is 8.97. The fourth-order valence-corrected chi connectivity index (χ4v) is 5.28. The van der Waals surface area contributed by atoms with Gasteiger partial charge in [-0.2, -0.15) is 0 Å². The van der Waals surface area contributed by atoms with Crippen LogP contribution in [0.4, 0.5) is 0 Å². The normalized spacial score (nSPS) is 14.9. The van der Waals surface area contributed by atoms with Gasteiger partial charge in [0.05, 0.1) is 17.6 Å². The van der Waals surface area contributed by atoms with Gasteiger partial charge in [0.25, 0.3) is 5.56 Å². The van der Waals surface area contributed by atoms with Gasteiger partial charge in [-0.25, -0.2) is 15.0 Å². The van der Waals surface area contributed by atoms with Crippen molar-refractivity contribution in [3.05, 3.63) is 64.7 Å². The number of hydrogen-bond donors (Lipinski definition) is 0. The summed E-state index contributed by atoms with van der Waals surface area (Å²) in [6.07, 6.45) is 5.55. The molecular formula is C27H27N5O2. The fourth-order valence-electron chi connectivity index (χ4n) is 5.28. The van der Waals surface area contributed by atoms with Crippen LogP contribution in [-0.4, -0.2) is 30.7 Å². The number of rotatable bonds is 4. The van der Waals surface area contributed by atoms with Crippen molar-refractivity contribution < 1.29 is 4.74 Å². The molecule has 2 aromatic carbocycles. The third kappa shape index (κ3) is 3.26. The molecule has 3 heterocycles. The predicted octanol–water partition coefficient (Wildman–Crippen LogP) is 5.50. The second-order valence-electron chi connectivity index (χ2n) is 8.97. The summed E-state index contributed by atoms with van der Waals surface area (Å²) in [5, 5.41) is 0.540. The van der Waals surface area contributed by atoms with Gasteiger partial charge < -0.3 is 4.74 Å². The van der Waals surface area contributed by atoms with Crippen LogP contribution >= 0.6 is 0 Å². The molecule has 0 bridgehead atoms. The average molecular weight is 454 g/mol. The lowest BCUT2D eigenvalue weighted by atomic mass is 9.95. The monoisotopic (exact) mass is 453 g/mol. The van der Waals surface area contributed by atoms with E-state index in [4.69, 9.17) is 19.7 Å². The summed E-state index contributed by atoms with van der Waals surface area (Å²) >= 11 is 0. The number of nitrogens with zero attached hydrogens (tertiary/aromatic N) is 5. The first-order valence-electron chi connectivity index (χ1n) is 12.1. The van der Waals surface area contributed by atoms with E-state index in [0.717, 1.165) is 54.0 Å². The molecular weight excluding hydrogens is 426 g/mol. The van der Waals surface area contributed by atoms with Gasteiger partial charge in [-0.15, -0.1) is 0 Å². The van der Waals surface area contributed by atoms with Crippen LogP contribution in [0.3, 0.4) is 0 Å². The first-order valence-corrected chi connectivity index (χ1v) is 12.1. The van der Waals surface area contributed by atoms with E-state index in [1.165, 1.54) is 6.42 Å². The Morgan fingerprint density at radius 3 is 2.32 bits per heavy atom. The van der Waals surface area contributed by atoms with Crippen LogP contribution in [0.25, 0.3) is 38.9 Å². The summed E-state index contributed by atoms with van der Waals surface area (Å²) in [6, 6.07) is 15.8. The molecule has 0 atom stereocenters. The van der Waals surface area contributed by atoms with Crippen LogP contribution in [0.1, 0.15) is 50.9 Å². The molecule has 7 nitrogen and oxygen atoms in total. The lowest BCUT2D eigenvalue weighted by molar-refractivity contribution is 0.339. The van der Waals surface area contributed by atoms with E-state index in [-0.39, 0.29) is 11.6 Å². The van der Waals surface area contributed by atoms with Crippen molar-refractivity contribution in [2.75, 3.05) is 6.61 Å². The second kappa shape index (κ2) is 8.24. The molecule has 5 aromatic rings. The summed E-state index contributed by atoms with van der Waals surface area (Å²) in [5.41, 5.74) is 4.25. The van der Waals surface area contributed by atoms with Crippen molar-refractivity contribution in [1.82, 2.24) is 24.1 Å². The standard InChI is InChI=1S/C27H27N5O2/c1-3-34-20-15-13-19(14-16-20)32-25-23(24-26(32)30-22-12-8-7-11-21(22)29-24)27(33)31(17(2)28-25)18-9-5-4-6-10-18/h7-8,11-16,18H,3-6,9-10H2,1-2H3. The molecule has 34 heavy (non-hydrogen) atoms. The maximum Gasteiger partial charge on any atom is 0.265 e. The predicted molar refractivity (Wildman–Crippen MR) is 134 cm³/mol. The summed E-state index contributed by atoms with van der Waals surface area (Å²) in [4.78, 5) is 28.9. The summed E-state index contributed by atoms with van der Waals surface area (Å²) in [6.45, 7) is 4.51. The Labute approximate surface area is 197 Å². The highest BCUT2D eigenvalue weighted by Gasteiger charge is 2.25. The van der Waals surface area contributed by atoms with Gasteiger partial charge in [0.1, 0.15) is 22.5 Å². The van der Waals surface area contributed by atoms with Crippen LogP contribution in [0.5, 0.6) is 5.75 Å². The first kappa shape index (κ1) is 20.8. The third-order valence-corrected chi connectivity index (χ3v) is 6.83. The molecule has 0 saturated heterocycles. The number of ether oxygens (including phenoxy) is 1. The van der Waals surface area contributed by atoms with Crippen LogP contribution in [0.15, 0.2) is 53.3 Å². The Kier molecular flexibility index (Phi) is 5.05. The van der Waals surface area contributed by atoms with Gasteiger partial charge in [0.15, 0.2) is 11.3 Å². The number of aromatic nitrogens is 5. The number of aryl methyl sites for hydroxylation is 1. The van der Waals surface area contributed by atoms with Crippen LogP contribution in [0, 0.1) is 6.92 Å². The summed E-state index contributed by atoms with van der Waals surface area (Å²) in [7, 11) is 0. The third-order valence-electron chi connectivity index (χ3n) is 6.83. The topological polar surface area (TPSA) is 74.8 Å². The van der Waals surface area contributed by atoms with Gasteiger partial charge in [-0.1, -0.05) is 31.4 Å². The molecule has 6 rings (SSSR count). The summed E-state index contributed by atoms with van der Waals surface area (Å²) in [5.74, 6) is 1.54. The van der Waals surface area contributed by atoms with Gasteiger partial charge >= 0.3 is 0 Å². The van der Waals surface area contributed by atoms with Crippen molar-refractivity contribution in [3.8, 4) is 11.4 Å². The number of para-hydroxylation sites is 2. The van der Waals surface area contributed by atoms with Crippen LogP contribution in [0.2, 0.25) is 0 Å². The van der Waals surface area contributed by atoms with E-state index < -0.39 is 0 Å². The van der Waals surface area contributed by atoms with E-state index in [1.54, 1.807) is 0 Å². The molecule has 1 saturated carbocycles. The van der Waals surface area contributed by atoms with Gasteiger partial charge in [-0.3, -0.25) is 13.9 Å². The van der Waals surface area contributed by atoms with Crippen molar-refractivity contribution >= 4 is 33.2 Å². The summed E-state index contributed by atoms with van der Waals surface area (Å²) < 4.78 is 9.49.